The van der Waals surface area contributed by atoms with Gasteiger partial charge < -0.3 is 5.73 Å². The number of aromatic nitrogens is 4. The molecule has 0 radical (unpaired) electrons. The molecule has 52 valence electrons. The third-order valence-corrected chi connectivity index (χ3v) is 0.799. The molecule has 0 fully saturated rings. The van der Waals surface area contributed by atoms with E-state index in [0.29, 0.717) is 5.82 Å². The summed E-state index contributed by atoms with van der Waals surface area (Å²) >= 11 is 0. The number of hydrogen-bond donors (Lipinski definition) is 1. The van der Waals surface area contributed by atoms with E-state index in [4.69, 9.17) is 5.73 Å². The molecular formula is C4H5N5O. The Morgan fingerprint density at radius 2 is 1.80 bits per heavy atom. The lowest BCUT2D eigenvalue weighted by Crippen LogP contribution is -2.17. The fourth-order valence-corrected chi connectivity index (χ4v) is 0.378. The van der Waals surface area contributed by atoms with E-state index in [1.807, 2.05) is 0 Å². The van der Waals surface area contributed by atoms with E-state index in [9.17, 15) is 4.79 Å². The molecule has 2 N–H and O–H groups in total. The molecule has 0 aliphatic rings. The highest BCUT2D eigenvalue weighted by atomic mass is 16.1. The highest BCUT2D eigenvalue weighted by Crippen LogP contribution is 1.81. The van der Waals surface area contributed by atoms with E-state index in [2.05, 4.69) is 20.4 Å². The van der Waals surface area contributed by atoms with Crippen molar-refractivity contribution in [1.29, 1.82) is 0 Å². The van der Waals surface area contributed by atoms with Crippen LogP contribution in [0, 0.1) is 6.92 Å². The molecule has 6 heteroatoms. The van der Waals surface area contributed by atoms with Crippen LogP contribution in [0.25, 0.3) is 0 Å². The number of rotatable bonds is 1. The third-order valence-electron chi connectivity index (χ3n) is 0.799. The number of hydrogen-bond acceptors (Lipinski definition) is 5. The molecule has 10 heavy (non-hydrogen) atoms. The Morgan fingerprint density at radius 3 is 2.20 bits per heavy atom. The first-order valence-electron chi connectivity index (χ1n) is 2.54. The van der Waals surface area contributed by atoms with Crippen LogP contribution < -0.4 is 5.73 Å². The minimum absolute atomic E-state index is 0.161. The highest BCUT2D eigenvalue weighted by Gasteiger charge is 2.03. The molecule has 0 saturated carbocycles. The predicted molar refractivity (Wildman–Crippen MR) is 30.9 cm³/mol. The maximum Gasteiger partial charge on any atom is 0.290 e. The summed E-state index contributed by atoms with van der Waals surface area (Å²) in [5.41, 5.74) is 4.82. The lowest BCUT2D eigenvalue weighted by molar-refractivity contribution is 0.0987. The second kappa shape index (κ2) is 2.34. The van der Waals surface area contributed by atoms with Crippen LogP contribution in [0.2, 0.25) is 0 Å². The Hall–Kier alpha value is -1.59. The quantitative estimate of drug-likeness (QED) is 0.520. The summed E-state index contributed by atoms with van der Waals surface area (Å²) < 4.78 is 0. The summed E-state index contributed by atoms with van der Waals surface area (Å²) in [4.78, 5) is 10.3. The van der Waals surface area contributed by atoms with Crippen LogP contribution in [0.4, 0.5) is 0 Å². The molecule has 1 rings (SSSR count). The molecule has 0 aromatic carbocycles. The number of carbonyl (C=O) groups excluding carboxylic acids is 1. The summed E-state index contributed by atoms with van der Waals surface area (Å²) in [5, 5.41) is 13.7. The van der Waals surface area contributed by atoms with Crippen molar-refractivity contribution in [2.45, 2.75) is 6.92 Å². The van der Waals surface area contributed by atoms with Crippen LogP contribution in [0.15, 0.2) is 0 Å². The number of primary amides is 1. The average molecular weight is 139 g/mol. The van der Waals surface area contributed by atoms with Crippen molar-refractivity contribution < 1.29 is 4.79 Å². The van der Waals surface area contributed by atoms with Crippen LogP contribution in [-0.4, -0.2) is 26.3 Å². The molecule has 0 bridgehead atoms. The van der Waals surface area contributed by atoms with Gasteiger partial charge in [0.2, 0.25) is 0 Å². The Morgan fingerprint density at radius 1 is 1.30 bits per heavy atom. The molecule has 1 heterocycles. The zero-order valence-electron chi connectivity index (χ0n) is 5.27. The largest absolute Gasteiger partial charge is 0.363 e. The summed E-state index contributed by atoms with van der Waals surface area (Å²) in [7, 11) is 0. The van der Waals surface area contributed by atoms with Gasteiger partial charge in [0.1, 0.15) is 0 Å². The Bertz CT molecular complexity index is 242. The molecule has 0 unspecified atom stereocenters. The smallest absolute Gasteiger partial charge is 0.290 e. The zero-order valence-corrected chi connectivity index (χ0v) is 5.27. The van der Waals surface area contributed by atoms with Gasteiger partial charge in [0.15, 0.2) is 5.82 Å². The van der Waals surface area contributed by atoms with Gasteiger partial charge in [0.25, 0.3) is 11.7 Å². The van der Waals surface area contributed by atoms with Gasteiger partial charge in [-0.05, 0) is 6.92 Å². The van der Waals surface area contributed by atoms with Gasteiger partial charge in [-0.3, -0.25) is 4.79 Å². The Kier molecular flexibility index (Phi) is 1.53. The molecule has 0 aliphatic heterocycles. The van der Waals surface area contributed by atoms with E-state index >= 15 is 0 Å². The first-order valence-corrected chi connectivity index (χ1v) is 2.54. The zero-order chi connectivity index (χ0) is 7.56. The Balaban J connectivity index is 3.00. The number of carbonyl (C=O) groups is 1. The monoisotopic (exact) mass is 139 g/mol. The molecule has 0 atom stereocenters. The van der Waals surface area contributed by atoms with E-state index in [1.165, 1.54) is 0 Å². The molecule has 1 aromatic heterocycles. The van der Waals surface area contributed by atoms with E-state index < -0.39 is 5.91 Å². The normalized spacial score (nSPS) is 9.30. The van der Waals surface area contributed by atoms with Gasteiger partial charge in [-0.15, -0.1) is 20.4 Å². The van der Waals surface area contributed by atoms with E-state index in [1.54, 1.807) is 6.92 Å². The summed E-state index contributed by atoms with van der Waals surface area (Å²) in [5.74, 6) is -0.476. The maximum atomic E-state index is 10.3. The van der Waals surface area contributed by atoms with Crippen molar-refractivity contribution in [3.05, 3.63) is 11.6 Å². The second-order valence-electron chi connectivity index (χ2n) is 1.64. The fraction of sp³-hybridized carbons (Fsp3) is 0.250. The highest BCUT2D eigenvalue weighted by molar-refractivity contribution is 5.88. The van der Waals surface area contributed by atoms with Gasteiger partial charge in [0, 0.05) is 0 Å². The lowest BCUT2D eigenvalue weighted by atomic mass is 10.6. The number of nitrogens with two attached hydrogens (primary N) is 1. The van der Waals surface area contributed by atoms with Gasteiger partial charge in [-0.25, -0.2) is 0 Å². The lowest BCUT2D eigenvalue weighted by Gasteiger charge is -1.89. The van der Waals surface area contributed by atoms with E-state index in [0.717, 1.165) is 0 Å². The minimum atomic E-state index is -0.722. The standard InChI is InChI=1S/C4H5N5O/c1-2-6-8-4(3(5)10)9-7-2/h1H3,(H2,5,10). The summed E-state index contributed by atoms with van der Waals surface area (Å²) in [6.07, 6.45) is 0. The Labute approximate surface area is 56.5 Å². The van der Waals surface area contributed by atoms with Crippen molar-refractivity contribution >= 4 is 5.91 Å². The van der Waals surface area contributed by atoms with Crippen molar-refractivity contribution in [3.8, 4) is 0 Å². The molecule has 0 aliphatic carbocycles. The summed E-state index contributed by atoms with van der Waals surface area (Å²) in [6.45, 7) is 1.62. The van der Waals surface area contributed by atoms with Crippen molar-refractivity contribution in [3.63, 3.8) is 0 Å². The third kappa shape index (κ3) is 1.22. The van der Waals surface area contributed by atoms with E-state index in [-0.39, 0.29) is 5.82 Å². The van der Waals surface area contributed by atoms with Gasteiger partial charge in [0.05, 0.1) is 0 Å². The first kappa shape index (κ1) is 6.53. The summed E-state index contributed by atoms with van der Waals surface area (Å²) in [6, 6.07) is 0. The van der Waals surface area contributed by atoms with Crippen LogP contribution in [-0.2, 0) is 0 Å². The molecule has 6 nitrogen and oxygen atoms in total. The molecule has 0 spiro atoms. The SMILES string of the molecule is Cc1nnc(C(N)=O)nn1. The van der Waals surface area contributed by atoms with Gasteiger partial charge >= 0.3 is 0 Å². The van der Waals surface area contributed by atoms with Gasteiger partial charge in [-0.1, -0.05) is 0 Å². The van der Waals surface area contributed by atoms with Crippen molar-refractivity contribution in [2.75, 3.05) is 0 Å². The number of aryl methyl sites for hydroxylation is 1. The maximum absolute atomic E-state index is 10.3. The number of amides is 1. The first-order chi connectivity index (χ1) is 4.70. The minimum Gasteiger partial charge on any atom is -0.363 e. The predicted octanol–water partition coefficient (Wildman–Crippen LogP) is -1.33. The van der Waals surface area contributed by atoms with Crippen molar-refractivity contribution in [1.82, 2.24) is 20.4 Å². The molecule has 0 saturated heterocycles. The topological polar surface area (TPSA) is 94.7 Å². The second-order valence-corrected chi connectivity index (χ2v) is 1.64. The molecular weight excluding hydrogens is 134 g/mol. The van der Waals surface area contributed by atoms with Crippen LogP contribution in [0.5, 0.6) is 0 Å². The number of nitrogens with zero attached hydrogens (tertiary/aromatic N) is 4. The van der Waals surface area contributed by atoms with Crippen LogP contribution in [0.1, 0.15) is 16.4 Å². The molecule has 1 aromatic rings. The van der Waals surface area contributed by atoms with Crippen LogP contribution in [0.3, 0.4) is 0 Å². The van der Waals surface area contributed by atoms with Crippen molar-refractivity contribution in [2.24, 2.45) is 5.73 Å². The van der Waals surface area contributed by atoms with Gasteiger partial charge in [-0.2, -0.15) is 0 Å². The molecule has 1 amide bonds. The van der Waals surface area contributed by atoms with Crippen LogP contribution >= 0.6 is 0 Å². The fourth-order valence-electron chi connectivity index (χ4n) is 0.378. The average Bonchev–Trinajstić information content (AvgIpc) is 1.88.